The van der Waals surface area contributed by atoms with E-state index in [9.17, 15) is 4.79 Å². The summed E-state index contributed by atoms with van der Waals surface area (Å²) in [6.07, 6.45) is 1.81. The topological polar surface area (TPSA) is 58.6 Å². The predicted octanol–water partition coefficient (Wildman–Crippen LogP) is 1.55. The number of H-pyrrole nitrogens is 1. The average Bonchev–Trinajstić information content (AvgIpc) is 2.31. The minimum atomic E-state index is -0.248. The molecule has 76 valence electrons. The van der Waals surface area contributed by atoms with Crippen molar-refractivity contribution in [2.45, 2.75) is 5.03 Å². The van der Waals surface area contributed by atoms with Gasteiger partial charge in [-0.15, -0.1) is 11.8 Å². The summed E-state index contributed by atoms with van der Waals surface area (Å²) in [7, 11) is 0. The van der Waals surface area contributed by atoms with E-state index in [2.05, 4.69) is 15.2 Å². The van der Waals surface area contributed by atoms with E-state index in [-0.39, 0.29) is 5.56 Å². The van der Waals surface area contributed by atoms with Crippen molar-refractivity contribution >= 4 is 11.8 Å². The van der Waals surface area contributed by atoms with Crippen LogP contribution in [0.1, 0.15) is 0 Å². The fraction of sp³-hybridized carbons (Fsp3) is 0.100. The van der Waals surface area contributed by atoms with Crippen molar-refractivity contribution in [3.8, 4) is 11.4 Å². The number of rotatable bonds is 2. The lowest BCUT2D eigenvalue weighted by atomic mass is 10.2. The zero-order valence-corrected chi connectivity index (χ0v) is 8.91. The maximum absolute atomic E-state index is 11.2. The maximum Gasteiger partial charge on any atom is 0.296 e. The third-order valence-electron chi connectivity index (χ3n) is 1.89. The monoisotopic (exact) mass is 219 g/mol. The molecule has 0 fully saturated rings. The second-order valence-corrected chi connectivity index (χ2v) is 3.66. The van der Waals surface area contributed by atoms with E-state index in [0.717, 1.165) is 5.56 Å². The number of hydrogen-bond acceptors (Lipinski definition) is 4. The van der Waals surface area contributed by atoms with E-state index in [1.165, 1.54) is 11.8 Å². The Labute approximate surface area is 90.8 Å². The number of benzene rings is 1. The highest BCUT2D eigenvalue weighted by molar-refractivity contribution is 7.98. The minimum absolute atomic E-state index is 0.248. The van der Waals surface area contributed by atoms with Crippen molar-refractivity contribution in [1.82, 2.24) is 15.2 Å². The van der Waals surface area contributed by atoms with Crippen molar-refractivity contribution in [2.24, 2.45) is 0 Å². The van der Waals surface area contributed by atoms with Gasteiger partial charge in [-0.25, -0.2) is 10.1 Å². The van der Waals surface area contributed by atoms with Gasteiger partial charge in [-0.1, -0.05) is 30.3 Å². The van der Waals surface area contributed by atoms with Gasteiger partial charge in [0.05, 0.1) is 0 Å². The Morgan fingerprint density at radius 1 is 1.27 bits per heavy atom. The molecule has 0 radical (unpaired) electrons. The minimum Gasteiger partial charge on any atom is -0.265 e. The summed E-state index contributed by atoms with van der Waals surface area (Å²) in [6, 6.07) is 9.53. The van der Waals surface area contributed by atoms with Crippen LogP contribution in [0.3, 0.4) is 0 Å². The fourth-order valence-electron chi connectivity index (χ4n) is 1.18. The third kappa shape index (κ3) is 2.07. The van der Waals surface area contributed by atoms with Crippen LogP contribution >= 0.6 is 11.8 Å². The van der Waals surface area contributed by atoms with Crippen LogP contribution in [0.2, 0.25) is 0 Å². The standard InChI is InChI=1S/C10H9N3OS/c1-15-10-9(14)13-12-8(11-10)7-5-3-2-4-6-7/h2-6H,1H3,(H,13,14). The number of nitrogens with zero attached hydrogens (tertiary/aromatic N) is 2. The maximum atomic E-state index is 11.2. The van der Waals surface area contributed by atoms with Crippen molar-refractivity contribution in [1.29, 1.82) is 0 Å². The van der Waals surface area contributed by atoms with E-state index in [1.807, 2.05) is 36.6 Å². The zero-order chi connectivity index (χ0) is 10.7. The van der Waals surface area contributed by atoms with Crippen LogP contribution in [-0.2, 0) is 0 Å². The molecule has 1 heterocycles. The molecule has 0 aliphatic carbocycles. The van der Waals surface area contributed by atoms with Gasteiger partial charge in [0, 0.05) is 5.56 Å². The van der Waals surface area contributed by atoms with Gasteiger partial charge in [0.25, 0.3) is 5.56 Å². The Bertz CT molecular complexity index is 510. The summed E-state index contributed by atoms with van der Waals surface area (Å²) in [5.74, 6) is 0.541. The lowest BCUT2D eigenvalue weighted by molar-refractivity contribution is 0.871. The first-order valence-electron chi connectivity index (χ1n) is 4.37. The molecule has 15 heavy (non-hydrogen) atoms. The normalized spacial score (nSPS) is 10.2. The Hall–Kier alpha value is -1.62. The highest BCUT2D eigenvalue weighted by atomic mass is 32.2. The van der Waals surface area contributed by atoms with E-state index in [0.29, 0.717) is 10.9 Å². The van der Waals surface area contributed by atoms with Gasteiger partial charge in [0.1, 0.15) is 0 Å². The molecule has 1 aromatic heterocycles. The molecule has 2 rings (SSSR count). The molecule has 5 heteroatoms. The van der Waals surface area contributed by atoms with Crippen LogP contribution in [0.25, 0.3) is 11.4 Å². The SMILES string of the molecule is CSc1nc(-c2ccccc2)n[nH]c1=O. The molecule has 0 aliphatic rings. The van der Waals surface area contributed by atoms with Gasteiger partial charge in [0.2, 0.25) is 0 Å². The summed E-state index contributed by atoms with van der Waals surface area (Å²) in [4.78, 5) is 15.4. The fourth-order valence-corrected chi connectivity index (χ4v) is 1.59. The second-order valence-electron chi connectivity index (χ2n) is 2.86. The smallest absolute Gasteiger partial charge is 0.265 e. The van der Waals surface area contributed by atoms with Gasteiger partial charge >= 0.3 is 0 Å². The molecule has 0 unspecified atom stereocenters. The molecule has 1 N–H and O–H groups in total. The van der Waals surface area contributed by atoms with E-state index >= 15 is 0 Å². The number of nitrogens with one attached hydrogen (secondary N) is 1. The highest BCUT2D eigenvalue weighted by Crippen LogP contribution is 2.14. The Kier molecular flexibility index (Phi) is 2.82. The predicted molar refractivity (Wildman–Crippen MR) is 59.9 cm³/mol. The molecule has 0 saturated heterocycles. The first kappa shape index (κ1) is 9.92. The van der Waals surface area contributed by atoms with E-state index in [1.54, 1.807) is 0 Å². The number of aromatic nitrogens is 3. The number of aromatic amines is 1. The average molecular weight is 219 g/mol. The summed E-state index contributed by atoms with van der Waals surface area (Å²) in [6.45, 7) is 0. The van der Waals surface area contributed by atoms with Crippen LogP contribution in [0.4, 0.5) is 0 Å². The van der Waals surface area contributed by atoms with Gasteiger partial charge < -0.3 is 0 Å². The van der Waals surface area contributed by atoms with Crippen LogP contribution in [0, 0.1) is 0 Å². The Morgan fingerprint density at radius 2 is 2.00 bits per heavy atom. The Morgan fingerprint density at radius 3 is 2.67 bits per heavy atom. The van der Waals surface area contributed by atoms with Gasteiger partial charge in [0.15, 0.2) is 10.9 Å². The molecule has 0 bridgehead atoms. The Balaban J connectivity index is 2.51. The zero-order valence-electron chi connectivity index (χ0n) is 8.10. The lowest BCUT2D eigenvalue weighted by Crippen LogP contribution is -2.13. The third-order valence-corrected chi connectivity index (χ3v) is 2.55. The van der Waals surface area contributed by atoms with E-state index < -0.39 is 0 Å². The molecular weight excluding hydrogens is 210 g/mol. The quantitative estimate of drug-likeness (QED) is 0.779. The lowest BCUT2D eigenvalue weighted by Gasteiger charge is -1.99. The summed E-state index contributed by atoms with van der Waals surface area (Å²) in [5, 5.41) is 6.76. The molecule has 1 aromatic carbocycles. The van der Waals surface area contributed by atoms with Crippen molar-refractivity contribution < 1.29 is 0 Å². The number of hydrogen-bond donors (Lipinski definition) is 1. The summed E-state index contributed by atoms with van der Waals surface area (Å²) >= 11 is 1.31. The highest BCUT2D eigenvalue weighted by Gasteiger charge is 2.05. The van der Waals surface area contributed by atoms with Gasteiger partial charge in [-0.05, 0) is 6.26 Å². The molecule has 0 amide bonds. The van der Waals surface area contributed by atoms with Crippen molar-refractivity contribution in [3.63, 3.8) is 0 Å². The summed E-state index contributed by atoms with van der Waals surface area (Å²) in [5.41, 5.74) is 0.645. The molecule has 4 nitrogen and oxygen atoms in total. The second kappa shape index (κ2) is 4.27. The summed E-state index contributed by atoms with van der Waals surface area (Å²) < 4.78 is 0. The first-order valence-corrected chi connectivity index (χ1v) is 5.60. The van der Waals surface area contributed by atoms with Crippen LogP contribution < -0.4 is 5.56 Å². The first-order chi connectivity index (χ1) is 7.31. The van der Waals surface area contributed by atoms with Crippen LogP contribution in [0.15, 0.2) is 40.2 Å². The van der Waals surface area contributed by atoms with Gasteiger partial charge in [-0.2, -0.15) is 5.10 Å². The molecular formula is C10H9N3OS. The van der Waals surface area contributed by atoms with Crippen LogP contribution in [0.5, 0.6) is 0 Å². The van der Waals surface area contributed by atoms with Gasteiger partial charge in [-0.3, -0.25) is 4.79 Å². The molecule has 0 spiro atoms. The van der Waals surface area contributed by atoms with Crippen LogP contribution in [-0.4, -0.2) is 21.4 Å². The number of thioether (sulfide) groups is 1. The van der Waals surface area contributed by atoms with E-state index in [4.69, 9.17) is 0 Å². The largest absolute Gasteiger partial charge is 0.296 e. The molecule has 0 aliphatic heterocycles. The molecule has 2 aromatic rings. The van der Waals surface area contributed by atoms with Crippen molar-refractivity contribution in [2.75, 3.05) is 6.26 Å². The van der Waals surface area contributed by atoms with Crippen molar-refractivity contribution in [3.05, 3.63) is 40.7 Å². The molecule has 0 saturated carbocycles. The molecule has 0 atom stereocenters.